The molecule has 0 aliphatic heterocycles. The van der Waals surface area contributed by atoms with Crippen LogP contribution in [0, 0.1) is 11.6 Å². The minimum absolute atomic E-state index is 0.0171. The van der Waals surface area contributed by atoms with Crippen molar-refractivity contribution in [3.63, 3.8) is 0 Å². The first-order valence-corrected chi connectivity index (χ1v) is 6.56. The lowest BCUT2D eigenvalue weighted by molar-refractivity contribution is 0.509. The molecular weight excluding hydrogens is 322 g/mol. The first-order valence-electron chi connectivity index (χ1n) is 5.04. The van der Waals surface area contributed by atoms with Crippen LogP contribution in [0.5, 0.6) is 0 Å². The lowest BCUT2D eigenvalue weighted by Gasteiger charge is -2.06. The summed E-state index contributed by atoms with van der Waals surface area (Å²) in [5, 5.41) is 0. The van der Waals surface area contributed by atoms with Gasteiger partial charge in [0.05, 0.1) is 16.2 Å². The fourth-order valence-corrected chi connectivity index (χ4v) is 2.91. The third-order valence-electron chi connectivity index (χ3n) is 2.60. The zero-order valence-corrected chi connectivity index (χ0v) is 11.2. The largest absolute Gasteiger partial charge is 0.203 e. The first kappa shape index (κ1) is 11.7. The average Bonchev–Trinajstić information content (AvgIpc) is 2.87. The Labute approximate surface area is 114 Å². The number of hydrogen-bond donors (Lipinski definition) is 0. The highest BCUT2D eigenvalue weighted by Crippen LogP contribution is 2.36. The maximum Gasteiger partial charge on any atom is 0.176 e. The molecular formula is C12H5BrF2N2S. The number of benzene rings is 2. The van der Waals surface area contributed by atoms with Gasteiger partial charge in [0.1, 0.15) is 11.0 Å². The van der Waals surface area contributed by atoms with Crippen molar-refractivity contribution in [1.29, 1.82) is 0 Å². The van der Waals surface area contributed by atoms with Gasteiger partial charge in [0, 0.05) is 5.56 Å². The predicted octanol–water partition coefficient (Wildman–Crippen LogP) is 4.40. The SMILES string of the molecule is Fc1c(F)c(-c2ccccc2)c2nsnc2c1Br. The van der Waals surface area contributed by atoms with E-state index in [1.54, 1.807) is 24.3 Å². The van der Waals surface area contributed by atoms with E-state index in [1.165, 1.54) is 0 Å². The molecule has 0 fully saturated rings. The summed E-state index contributed by atoms with van der Waals surface area (Å²) in [7, 11) is 0. The molecule has 0 bridgehead atoms. The molecule has 0 saturated heterocycles. The quantitative estimate of drug-likeness (QED) is 0.619. The molecule has 18 heavy (non-hydrogen) atoms. The van der Waals surface area contributed by atoms with Crippen molar-refractivity contribution in [2.24, 2.45) is 0 Å². The van der Waals surface area contributed by atoms with E-state index >= 15 is 0 Å². The van der Waals surface area contributed by atoms with Gasteiger partial charge in [-0.15, -0.1) is 0 Å². The van der Waals surface area contributed by atoms with E-state index in [0.29, 0.717) is 16.6 Å². The molecule has 0 unspecified atom stereocenters. The van der Waals surface area contributed by atoms with Crippen molar-refractivity contribution in [3.8, 4) is 11.1 Å². The van der Waals surface area contributed by atoms with Gasteiger partial charge in [-0.3, -0.25) is 0 Å². The van der Waals surface area contributed by atoms with E-state index in [-0.39, 0.29) is 10.0 Å². The summed E-state index contributed by atoms with van der Waals surface area (Å²) >= 11 is 3.94. The highest BCUT2D eigenvalue weighted by Gasteiger charge is 2.22. The maximum absolute atomic E-state index is 14.1. The lowest BCUT2D eigenvalue weighted by atomic mass is 10.0. The number of nitrogens with zero attached hydrogens (tertiary/aromatic N) is 2. The van der Waals surface area contributed by atoms with Gasteiger partial charge in [-0.25, -0.2) is 8.78 Å². The lowest BCUT2D eigenvalue weighted by Crippen LogP contribution is -1.94. The Balaban J connectivity index is 2.46. The fourth-order valence-electron chi connectivity index (χ4n) is 1.78. The minimum Gasteiger partial charge on any atom is -0.203 e. The standard InChI is InChI=1S/C12H5BrF2N2S/c13-8-10(15)9(14)7(6-4-2-1-3-5-6)11-12(8)17-18-16-11/h1-5H. The normalized spacial score (nSPS) is 11.1. The minimum atomic E-state index is -0.936. The summed E-state index contributed by atoms with van der Waals surface area (Å²) in [5.41, 5.74) is 1.45. The Bertz CT molecular complexity index is 728. The third kappa shape index (κ3) is 1.64. The van der Waals surface area contributed by atoms with Gasteiger partial charge >= 0.3 is 0 Å². The Morgan fingerprint density at radius 3 is 2.33 bits per heavy atom. The number of fused-ring (bicyclic) bond motifs is 1. The van der Waals surface area contributed by atoms with Gasteiger partial charge < -0.3 is 0 Å². The van der Waals surface area contributed by atoms with Crippen molar-refractivity contribution < 1.29 is 8.78 Å². The van der Waals surface area contributed by atoms with Crippen LogP contribution in [0.1, 0.15) is 0 Å². The molecule has 0 atom stereocenters. The molecule has 1 heterocycles. The molecule has 3 rings (SSSR count). The van der Waals surface area contributed by atoms with Crippen molar-refractivity contribution in [2.75, 3.05) is 0 Å². The van der Waals surface area contributed by atoms with Crippen LogP contribution in [0.3, 0.4) is 0 Å². The number of aromatic nitrogens is 2. The number of hydrogen-bond acceptors (Lipinski definition) is 3. The van der Waals surface area contributed by atoms with E-state index in [0.717, 1.165) is 11.7 Å². The van der Waals surface area contributed by atoms with E-state index in [1.807, 2.05) is 6.07 Å². The van der Waals surface area contributed by atoms with E-state index in [4.69, 9.17) is 0 Å². The molecule has 1 aromatic heterocycles. The molecule has 0 aliphatic rings. The summed E-state index contributed by atoms with van der Waals surface area (Å²) < 4.78 is 35.9. The van der Waals surface area contributed by atoms with Crippen LogP contribution in [0.15, 0.2) is 34.8 Å². The summed E-state index contributed by atoms with van der Waals surface area (Å²) in [6, 6.07) is 8.77. The van der Waals surface area contributed by atoms with Gasteiger partial charge in [0.2, 0.25) is 0 Å². The summed E-state index contributed by atoms with van der Waals surface area (Å²) in [5.74, 6) is -1.85. The second kappa shape index (κ2) is 4.37. The van der Waals surface area contributed by atoms with Gasteiger partial charge in [0.15, 0.2) is 11.6 Å². The van der Waals surface area contributed by atoms with E-state index < -0.39 is 11.6 Å². The molecule has 2 aromatic carbocycles. The van der Waals surface area contributed by atoms with E-state index in [2.05, 4.69) is 24.7 Å². The highest BCUT2D eigenvalue weighted by atomic mass is 79.9. The van der Waals surface area contributed by atoms with Crippen molar-refractivity contribution in [2.45, 2.75) is 0 Å². The van der Waals surface area contributed by atoms with Crippen molar-refractivity contribution in [3.05, 3.63) is 46.4 Å². The zero-order chi connectivity index (χ0) is 12.7. The number of halogens is 3. The molecule has 0 N–H and O–H groups in total. The second-order valence-electron chi connectivity index (χ2n) is 3.64. The third-order valence-corrected chi connectivity index (χ3v) is 3.85. The van der Waals surface area contributed by atoms with E-state index in [9.17, 15) is 8.78 Å². The molecule has 0 saturated carbocycles. The van der Waals surface area contributed by atoms with Crippen LogP contribution in [0.4, 0.5) is 8.78 Å². The monoisotopic (exact) mass is 326 g/mol. The van der Waals surface area contributed by atoms with Crippen LogP contribution < -0.4 is 0 Å². The second-order valence-corrected chi connectivity index (χ2v) is 4.97. The first-order chi connectivity index (χ1) is 8.70. The zero-order valence-electron chi connectivity index (χ0n) is 8.82. The van der Waals surface area contributed by atoms with Gasteiger partial charge in [-0.1, -0.05) is 30.3 Å². The smallest absolute Gasteiger partial charge is 0.176 e. The molecule has 0 amide bonds. The summed E-state index contributed by atoms with van der Waals surface area (Å²) in [6.07, 6.45) is 0. The Morgan fingerprint density at radius 2 is 1.61 bits per heavy atom. The summed E-state index contributed by atoms with van der Waals surface area (Å²) in [6.45, 7) is 0. The topological polar surface area (TPSA) is 25.8 Å². The van der Waals surface area contributed by atoms with Crippen LogP contribution in [-0.2, 0) is 0 Å². The van der Waals surface area contributed by atoms with Crippen LogP contribution in [-0.4, -0.2) is 8.75 Å². The molecule has 90 valence electrons. The molecule has 2 nitrogen and oxygen atoms in total. The van der Waals surface area contributed by atoms with Gasteiger partial charge in [-0.2, -0.15) is 8.75 Å². The fraction of sp³-hybridized carbons (Fsp3) is 0. The van der Waals surface area contributed by atoms with Crippen molar-refractivity contribution >= 4 is 38.7 Å². The van der Waals surface area contributed by atoms with Crippen LogP contribution in [0.2, 0.25) is 0 Å². The van der Waals surface area contributed by atoms with Gasteiger partial charge in [0.25, 0.3) is 0 Å². The van der Waals surface area contributed by atoms with Gasteiger partial charge in [-0.05, 0) is 21.5 Å². The van der Waals surface area contributed by atoms with Crippen LogP contribution in [0.25, 0.3) is 22.2 Å². The maximum atomic E-state index is 14.1. The molecule has 0 aliphatic carbocycles. The molecule has 0 radical (unpaired) electrons. The van der Waals surface area contributed by atoms with Crippen molar-refractivity contribution in [1.82, 2.24) is 8.75 Å². The number of rotatable bonds is 1. The predicted molar refractivity (Wildman–Crippen MR) is 70.5 cm³/mol. The highest BCUT2D eigenvalue weighted by molar-refractivity contribution is 9.10. The Morgan fingerprint density at radius 1 is 0.944 bits per heavy atom. The molecule has 6 heteroatoms. The molecule has 3 aromatic rings. The average molecular weight is 327 g/mol. The summed E-state index contributed by atoms with van der Waals surface area (Å²) in [4.78, 5) is 0. The Hall–Kier alpha value is -1.40. The van der Waals surface area contributed by atoms with Crippen LogP contribution >= 0.6 is 27.7 Å². The Kier molecular flexibility index (Phi) is 2.83. The molecule has 0 spiro atoms.